The summed E-state index contributed by atoms with van der Waals surface area (Å²) in [5.74, 6) is 0. The Morgan fingerprint density at radius 1 is 1.46 bits per heavy atom. The minimum atomic E-state index is -1.54. The summed E-state index contributed by atoms with van der Waals surface area (Å²) < 4.78 is 12.2. The molecular weight excluding hydrogens is 172 g/mol. The van der Waals surface area contributed by atoms with E-state index in [0.717, 1.165) is 0 Å². The number of halogens is 1. The number of nitrogens with two attached hydrogens (primary N) is 1. The average Bonchev–Trinajstić information content (AvgIpc) is 2.17. The molecule has 1 unspecified atom stereocenters. The van der Waals surface area contributed by atoms with Gasteiger partial charge in [-0.3, -0.25) is 0 Å². The fraction of sp³-hybridized carbons (Fsp3) is 0.250. The lowest BCUT2D eigenvalue weighted by Gasteiger charge is -2.08. The fourth-order valence-electron chi connectivity index (χ4n) is 1.04. The molecular formula is C8H11BFNO2. The van der Waals surface area contributed by atoms with Crippen LogP contribution in [0.3, 0.4) is 0 Å². The number of hydrogen-bond acceptors (Lipinski definition) is 3. The highest BCUT2D eigenvalue weighted by atomic mass is 19.1. The summed E-state index contributed by atoms with van der Waals surface area (Å²) in [6.07, 6.45) is 0. The van der Waals surface area contributed by atoms with Crippen molar-refractivity contribution in [3.63, 3.8) is 0 Å². The van der Waals surface area contributed by atoms with Gasteiger partial charge in [-0.25, -0.2) is 4.39 Å². The molecule has 0 amide bonds. The summed E-state index contributed by atoms with van der Waals surface area (Å²) in [6.45, 7) is -0.662. The van der Waals surface area contributed by atoms with Crippen molar-refractivity contribution in [3.8, 4) is 0 Å². The third-order valence-corrected chi connectivity index (χ3v) is 1.80. The summed E-state index contributed by atoms with van der Waals surface area (Å²) in [7, 11) is -1.54. The molecule has 1 atom stereocenters. The highest BCUT2D eigenvalue weighted by Crippen LogP contribution is 2.08. The van der Waals surface area contributed by atoms with Gasteiger partial charge in [-0.2, -0.15) is 0 Å². The van der Waals surface area contributed by atoms with Gasteiger partial charge < -0.3 is 15.8 Å². The monoisotopic (exact) mass is 183 g/mol. The van der Waals surface area contributed by atoms with Gasteiger partial charge >= 0.3 is 7.12 Å². The van der Waals surface area contributed by atoms with E-state index in [0.29, 0.717) is 11.0 Å². The van der Waals surface area contributed by atoms with Crippen molar-refractivity contribution >= 4 is 12.6 Å². The van der Waals surface area contributed by atoms with Crippen LogP contribution in [0.1, 0.15) is 11.6 Å². The van der Waals surface area contributed by atoms with Gasteiger partial charge in [0, 0.05) is 0 Å². The standard InChI is InChI=1S/C8H11BFNO2/c10-5-8(11)6-2-1-3-7(4-6)9(12)13/h1-4,8,12-13H,5,11H2. The van der Waals surface area contributed by atoms with Gasteiger partial charge in [0.15, 0.2) is 0 Å². The molecule has 0 saturated heterocycles. The maximum Gasteiger partial charge on any atom is 0.488 e. The first-order chi connectivity index (χ1) is 6.15. The van der Waals surface area contributed by atoms with Gasteiger partial charge in [0.2, 0.25) is 0 Å². The predicted molar refractivity (Wildman–Crippen MR) is 49.2 cm³/mol. The van der Waals surface area contributed by atoms with Crippen molar-refractivity contribution in [1.29, 1.82) is 0 Å². The van der Waals surface area contributed by atoms with Gasteiger partial charge in [-0.05, 0) is 11.0 Å². The van der Waals surface area contributed by atoms with Gasteiger partial charge in [-0.1, -0.05) is 24.3 Å². The van der Waals surface area contributed by atoms with Crippen molar-refractivity contribution < 1.29 is 14.4 Å². The van der Waals surface area contributed by atoms with E-state index in [1.807, 2.05) is 0 Å². The van der Waals surface area contributed by atoms with E-state index < -0.39 is 19.8 Å². The molecule has 0 radical (unpaired) electrons. The molecule has 13 heavy (non-hydrogen) atoms. The van der Waals surface area contributed by atoms with Crippen LogP contribution in [0, 0.1) is 0 Å². The predicted octanol–water partition coefficient (Wildman–Crippen LogP) is -0.664. The van der Waals surface area contributed by atoms with E-state index in [2.05, 4.69) is 0 Å². The fourth-order valence-corrected chi connectivity index (χ4v) is 1.04. The lowest BCUT2D eigenvalue weighted by atomic mass is 9.79. The second kappa shape index (κ2) is 4.36. The Bertz CT molecular complexity index is 283. The van der Waals surface area contributed by atoms with Gasteiger partial charge in [0.1, 0.15) is 6.67 Å². The smallest absolute Gasteiger partial charge is 0.423 e. The van der Waals surface area contributed by atoms with Crippen molar-refractivity contribution in [3.05, 3.63) is 29.8 Å². The average molecular weight is 183 g/mol. The zero-order valence-corrected chi connectivity index (χ0v) is 7.02. The van der Waals surface area contributed by atoms with Crippen LogP contribution in [0.15, 0.2) is 24.3 Å². The molecule has 0 spiro atoms. The van der Waals surface area contributed by atoms with Crippen LogP contribution in [0.2, 0.25) is 0 Å². The molecule has 5 heteroatoms. The molecule has 1 aromatic rings. The van der Waals surface area contributed by atoms with E-state index in [4.69, 9.17) is 15.8 Å². The van der Waals surface area contributed by atoms with Crippen LogP contribution in [-0.2, 0) is 0 Å². The van der Waals surface area contributed by atoms with Crippen molar-refractivity contribution in [2.75, 3.05) is 6.67 Å². The topological polar surface area (TPSA) is 66.5 Å². The molecule has 70 valence electrons. The number of rotatable bonds is 3. The maximum absolute atomic E-state index is 12.2. The molecule has 3 nitrogen and oxygen atoms in total. The summed E-state index contributed by atoms with van der Waals surface area (Å²) in [4.78, 5) is 0. The second-order valence-electron chi connectivity index (χ2n) is 2.80. The van der Waals surface area contributed by atoms with E-state index in [9.17, 15) is 4.39 Å². The molecule has 0 aromatic heterocycles. The minimum Gasteiger partial charge on any atom is -0.423 e. The van der Waals surface area contributed by atoms with Crippen molar-refractivity contribution in [2.24, 2.45) is 5.73 Å². The van der Waals surface area contributed by atoms with Gasteiger partial charge in [-0.15, -0.1) is 0 Å². The third kappa shape index (κ3) is 2.52. The molecule has 0 fully saturated rings. The lowest BCUT2D eigenvalue weighted by Crippen LogP contribution is -2.30. The second-order valence-corrected chi connectivity index (χ2v) is 2.80. The largest absolute Gasteiger partial charge is 0.488 e. The quantitative estimate of drug-likeness (QED) is 0.544. The van der Waals surface area contributed by atoms with Crippen LogP contribution in [-0.4, -0.2) is 23.8 Å². The molecule has 1 aromatic carbocycles. The summed E-state index contributed by atoms with van der Waals surface area (Å²) >= 11 is 0. The Labute approximate surface area is 76.1 Å². The van der Waals surface area contributed by atoms with E-state index >= 15 is 0 Å². The minimum absolute atomic E-state index is 0.321. The van der Waals surface area contributed by atoms with E-state index in [1.54, 1.807) is 18.2 Å². The Kier molecular flexibility index (Phi) is 3.42. The molecule has 4 N–H and O–H groups in total. The highest BCUT2D eigenvalue weighted by molar-refractivity contribution is 6.58. The van der Waals surface area contributed by atoms with Gasteiger partial charge in [0.05, 0.1) is 6.04 Å². The number of hydrogen-bond donors (Lipinski definition) is 3. The van der Waals surface area contributed by atoms with Crippen LogP contribution in [0.4, 0.5) is 4.39 Å². The molecule has 0 aliphatic rings. The van der Waals surface area contributed by atoms with Crippen LogP contribution < -0.4 is 11.2 Å². The Hall–Kier alpha value is -0.905. The summed E-state index contributed by atoms with van der Waals surface area (Å²) in [5, 5.41) is 17.6. The highest BCUT2D eigenvalue weighted by Gasteiger charge is 2.12. The molecule has 1 rings (SSSR count). The maximum atomic E-state index is 12.2. The third-order valence-electron chi connectivity index (χ3n) is 1.80. The van der Waals surface area contributed by atoms with Crippen molar-refractivity contribution in [2.45, 2.75) is 6.04 Å². The molecule has 0 aliphatic heterocycles. The zero-order valence-electron chi connectivity index (χ0n) is 7.02. The van der Waals surface area contributed by atoms with E-state index in [1.165, 1.54) is 6.07 Å². The zero-order chi connectivity index (χ0) is 9.84. The normalized spacial score (nSPS) is 12.6. The SMILES string of the molecule is NC(CF)c1cccc(B(O)O)c1. The van der Waals surface area contributed by atoms with Gasteiger partial charge in [0.25, 0.3) is 0 Å². The first-order valence-electron chi connectivity index (χ1n) is 3.92. The lowest BCUT2D eigenvalue weighted by molar-refractivity contribution is 0.424. The Morgan fingerprint density at radius 3 is 2.69 bits per heavy atom. The summed E-state index contributed by atoms with van der Waals surface area (Å²) in [5.41, 5.74) is 6.31. The van der Waals surface area contributed by atoms with Crippen LogP contribution >= 0.6 is 0 Å². The molecule has 0 aliphatic carbocycles. The van der Waals surface area contributed by atoms with Crippen molar-refractivity contribution in [1.82, 2.24) is 0 Å². The number of alkyl halides is 1. The molecule has 0 saturated carbocycles. The van der Waals surface area contributed by atoms with Crippen LogP contribution in [0.5, 0.6) is 0 Å². The Balaban J connectivity index is 2.91. The molecule has 0 bridgehead atoms. The number of benzene rings is 1. The molecule has 0 heterocycles. The van der Waals surface area contributed by atoms with E-state index in [-0.39, 0.29) is 0 Å². The van der Waals surface area contributed by atoms with Crippen LogP contribution in [0.25, 0.3) is 0 Å². The first-order valence-corrected chi connectivity index (χ1v) is 3.92. The Morgan fingerprint density at radius 2 is 2.15 bits per heavy atom. The summed E-state index contributed by atoms with van der Waals surface area (Å²) in [6, 6.07) is 5.59. The first kappa shape index (κ1) is 10.2.